The Labute approximate surface area is 176 Å². The lowest BCUT2D eigenvalue weighted by Gasteiger charge is -2.28. The number of benzene rings is 2. The molecule has 1 saturated heterocycles. The number of para-hydroxylation sites is 1. The predicted molar refractivity (Wildman–Crippen MR) is 112 cm³/mol. The zero-order valence-electron chi connectivity index (χ0n) is 16.4. The molecule has 0 aliphatic carbocycles. The van der Waals surface area contributed by atoms with Crippen LogP contribution < -0.4 is 4.74 Å². The van der Waals surface area contributed by atoms with E-state index < -0.39 is 0 Å². The van der Waals surface area contributed by atoms with Crippen molar-refractivity contribution in [1.29, 1.82) is 0 Å². The van der Waals surface area contributed by atoms with Gasteiger partial charge in [0.2, 0.25) is 5.91 Å². The second kappa shape index (κ2) is 8.87. The van der Waals surface area contributed by atoms with E-state index in [1.165, 1.54) is 0 Å². The summed E-state index contributed by atoms with van der Waals surface area (Å²) in [5.74, 6) is 1.17. The Morgan fingerprint density at radius 2 is 1.69 bits per heavy atom. The van der Waals surface area contributed by atoms with E-state index in [0.717, 1.165) is 24.2 Å². The zero-order chi connectivity index (χ0) is 20.2. The van der Waals surface area contributed by atoms with Gasteiger partial charge in [0.15, 0.2) is 0 Å². The number of ether oxygens (including phenoxy) is 1. The molecule has 0 N–H and O–H groups in total. The third-order valence-corrected chi connectivity index (χ3v) is 6.07. The maximum Gasteiger partial charge on any atom is 0.255 e. The molecule has 0 bridgehead atoms. The summed E-state index contributed by atoms with van der Waals surface area (Å²) in [6.07, 6.45) is 2.11. The number of fused-ring (bicyclic) bond motifs is 1. The topological polar surface area (TPSA) is 49.9 Å². The molecule has 2 heterocycles. The molecule has 0 radical (unpaired) electrons. The molecule has 6 heteroatoms. The monoisotopic (exact) mass is 412 g/mol. The van der Waals surface area contributed by atoms with Crippen LogP contribution in [0.25, 0.3) is 0 Å². The highest BCUT2D eigenvalue weighted by molar-refractivity contribution is 6.33. The van der Waals surface area contributed by atoms with Gasteiger partial charge in [0.25, 0.3) is 5.91 Å². The summed E-state index contributed by atoms with van der Waals surface area (Å²) >= 11 is 6.19. The van der Waals surface area contributed by atoms with Crippen molar-refractivity contribution in [3.8, 4) is 5.75 Å². The first kappa shape index (κ1) is 19.8. The molecule has 1 fully saturated rings. The lowest BCUT2D eigenvalue weighted by molar-refractivity contribution is -0.131. The molecule has 4 rings (SSSR count). The van der Waals surface area contributed by atoms with Crippen molar-refractivity contribution in [1.82, 2.24) is 9.80 Å². The van der Waals surface area contributed by atoms with Crippen LogP contribution in [0.4, 0.5) is 0 Å². The number of hydrogen-bond acceptors (Lipinski definition) is 3. The van der Waals surface area contributed by atoms with Crippen LogP contribution in [0, 0.1) is 0 Å². The second-order valence-corrected chi connectivity index (χ2v) is 7.99. The second-order valence-electron chi connectivity index (χ2n) is 7.58. The summed E-state index contributed by atoms with van der Waals surface area (Å²) in [6.45, 7) is 3.04. The highest BCUT2D eigenvalue weighted by atomic mass is 35.5. The van der Waals surface area contributed by atoms with Crippen LogP contribution in [-0.4, -0.2) is 54.4 Å². The number of hydrogen-bond donors (Lipinski definition) is 0. The van der Waals surface area contributed by atoms with Gasteiger partial charge in [-0.2, -0.15) is 0 Å². The molecule has 1 unspecified atom stereocenters. The molecule has 5 nitrogen and oxygen atoms in total. The zero-order valence-corrected chi connectivity index (χ0v) is 17.1. The number of carbonyl (C=O) groups is 2. The Bertz CT molecular complexity index is 901. The van der Waals surface area contributed by atoms with E-state index in [-0.39, 0.29) is 17.7 Å². The summed E-state index contributed by atoms with van der Waals surface area (Å²) in [5, 5.41) is 0.466. The fraction of sp³-hybridized carbons (Fsp3) is 0.391. The number of nitrogens with zero attached hydrogens (tertiary/aromatic N) is 2. The maximum atomic E-state index is 13.0. The predicted octanol–water partition coefficient (Wildman–Crippen LogP) is 3.97. The maximum absolute atomic E-state index is 13.0. The largest absolute Gasteiger partial charge is 0.493 e. The molecule has 0 spiro atoms. The fourth-order valence-corrected chi connectivity index (χ4v) is 4.36. The highest BCUT2D eigenvalue weighted by Crippen LogP contribution is 2.35. The minimum absolute atomic E-state index is 0.0664. The van der Waals surface area contributed by atoms with E-state index in [9.17, 15) is 9.59 Å². The van der Waals surface area contributed by atoms with Gasteiger partial charge in [0.1, 0.15) is 5.75 Å². The average molecular weight is 413 g/mol. The van der Waals surface area contributed by atoms with Crippen molar-refractivity contribution in [2.75, 3.05) is 32.8 Å². The van der Waals surface area contributed by atoms with Crippen molar-refractivity contribution in [3.05, 3.63) is 64.7 Å². The van der Waals surface area contributed by atoms with Gasteiger partial charge in [0.05, 0.1) is 17.2 Å². The van der Waals surface area contributed by atoms with Gasteiger partial charge in [-0.25, -0.2) is 0 Å². The van der Waals surface area contributed by atoms with E-state index in [2.05, 4.69) is 6.07 Å². The quantitative estimate of drug-likeness (QED) is 0.766. The molecule has 29 heavy (non-hydrogen) atoms. The van der Waals surface area contributed by atoms with Gasteiger partial charge in [-0.15, -0.1) is 0 Å². The summed E-state index contributed by atoms with van der Waals surface area (Å²) in [7, 11) is 0. The van der Waals surface area contributed by atoms with Gasteiger partial charge >= 0.3 is 0 Å². The van der Waals surface area contributed by atoms with Gasteiger partial charge in [-0.3, -0.25) is 9.59 Å². The molecular formula is C23H25ClN2O3. The number of carbonyl (C=O) groups excluding carboxylic acids is 2. The summed E-state index contributed by atoms with van der Waals surface area (Å²) in [4.78, 5) is 29.5. The molecule has 2 amide bonds. The third-order valence-electron chi connectivity index (χ3n) is 5.74. The van der Waals surface area contributed by atoms with Gasteiger partial charge < -0.3 is 14.5 Å². The number of halogens is 1. The highest BCUT2D eigenvalue weighted by Gasteiger charge is 2.28. The standard InChI is InChI=1S/C23H25ClN2O3/c24-20-8-3-1-7-19(20)23(28)26-12-5-11-25(13-14-26)22(27)16-17-10-15-29-21-9-4-2-6-18(17)21/h1-4,6-9,17H,5,10-16H2. The van der Waals surface area contributed by atoms with Crippen LogP contribution in [0.1, 0.15) is 41.1 Å². The van der Waals surface area contributed by atoms with E-state index in [4.69, 9.17) is 16.3 Å². The fourth-order valence-electron chi connectivity index (χ4n) is 4.14. The van der Waals surface area contributed by atoms with Gasteiger partial charge in [0, 0.05) is 32.6 Å². The van der Waals surface area contributed by atoms with E-state index in [0.29, 0.717) is 49.8 Å². The van der Waals surface area contributed by atoms with E-state index in [1.54, 1.807) is 17.0 Å². The first-order chi connectivity index (χ1) is 14.1. The lowest BCUT2D eigenvalue weighted by Crippen LogP contribution is -2.38. The smallest absolute Gasteiger partial charge is 0.255 e. The van der Waals surface area contributed by atoms with Crippen molar-refractivity contribution >= 4 is 23.4 Å². The number of rotatable bonds is 3. The van der Waals surface area contributed by atoms with E-state index in [1.807, 2.05) is 35.2 Å². The van der Waals surface area contributed by atoms with Gasteiger partial charge in [-0.1, -0.05) is 41.9 Å². The van der Waals surface area contributed by atoms with Crippen LogP contribution in [-0.2, 0) is 4.79 Å². The van der Waals surface area contributed by atoms with Crippen LogP contribution in [0.3, 0.4) is 0 Å². The average Bonchev–Trinajstić information content (AvgIpc) is 3.00. The van der Waals surface area contributed by atoms with Crippen LogP contribution in [0.2, 0.25) is 5.02 Å². The van der Waals surface area contributed by atoms with Crippen molar-refractivity contribution in [3.63, 3.8) is 0 Å². The van der Waals surface area contributed by atoms with Gasteiger partial charge in [-0.05, 0) is 42.5 Å². The minimum Gasteiger partial charge on any atom is -0.493 e. The first-order valence-electron chi connectivity index (χ1n) is 10.2. The molecular weight excluding hydrogens is 388 g/mol. The molecule has 2 aliphatic heterocycles. The molecule has 2 aromatic rings. The summed E-state index contributed by atoms with van der Waals surface area (Å²) < 4.78 is 5.71. The normalized spacial score (nSPS) is 19.1. The van der Waals surface area contributed by atoms with Crippen molar-refractivity contribution in [2.45, 2.75) is 25.2 Å². The van der Waals surface area contributed by atoms with Crippen LogP contribution in [0.5, 0.6) is 5.75 Å². The van der Waals surface area contributed by atoms with Crippen LogP contribution in [0.15, 0.2) is 48.5 Å². The Kier molecular flexibility index (Phi) is 6.05. The molecule has 0 aromatic heterocycles. The summed E-state index contributed by atoms with van der Waals surface area (Å²) in [6, 6.07) is 15.1. The molecule has 2 aliphatic rings. The first-order valence-corrected chi connectivity index (χ1v) is 10.5. The Morgan fingerprint density at radius 3 is 2.55 bits per heavy atom. The molecule has 1 atom stereocenters. The van der Waals surface area contributed by atoms with Crippen molar-refractivity contribution < 1.29 is 14.3 Å². The summed E-state index contributed by atoms with van der Waals surface area (Å²) in [5.41, 5.74) is 1.64. The minimum atomic E-state index is -0.0664. The van der Waals surface area contributed by atoms with Crippen molar-refractivity contribution in [2.24, 2.45) is 0 Å². The van der Waals surface area contributed by atoms with Crippen LogP contribution >= 0.6 is 11.6 Å². The third kappa shape index (κ3) is 4.40. The number of amides is 2. The molecule has 0 saturated carbocycles. The Morgan fingerprint density at radius 1 is 0.966 bits per heavy atom. The Hall–Kier alpha value is -2.53. The SMILES string of the molecule is O=C(CC1CCOc2ccccc21)N1CCCN(C(=O)c2ccccc2Cl)CC1. The van der Waals surface area contributed by atoms with E-state index >= 15 is 0 Å². The molecule has 2 aromatic carbocycles. The Balaban J connectivity index is 1.38. The lowest BCUT2D eigenvalue weighted by atomic mass is 9.90. The molecule has 152 valence electrons.